The highest BCUT2D eigenvalue weighted by Gasteiger charge is 2.28. The monoisotopic (exact) mass is 223 g/mol. The maximum Gasteiger partial charge on any atom is 0.522 e. The van der Waals surface area contributed by atoms with Gasteiger partial charge in [0.2, 0.25) is 0 Å². The molecule has 1 aromatic rings. The van der Waals surface area contributed by atoms with Gasteiger partial charge in [0, 0.05) is 26.3 Å². The molecule has 1 rings (SSSR count). The van der Waals surface area contributed by atoms with Crippen LogP contribution < -0.4 is 5.32 Å². The molecule has 0 saturated carbocycles. The highest BCUT2D eigenvalue weighted by atomic mass is 19.4. The minimum absolute atomic E-state index is 0.144. The molecule has 0 atom stereocenters. The summed E-state index contributed by atoms with van der Waals surface area (Å²) in [6.07, 6.45) is -2.92. The van der Waals surface area contributed by atoms with Gasteiger partial charge in [-0.25, -0.2) is 0 Å². The van der Waals surface area contributed by atoms with Crippen molar-refractivity contribution in [3.63, 3.8) is 0 Å². The van der Waals surface area contributed by atoms with Gasteiger partial charge < -0.3 is 5.32 Å². The van der Waals surface area contributed by atoms with Crippen LogP contribution in [-0.4, -0.2) is 29.3 Å². The third-order valence-corrected chi connectivity index (χ3v) is 1.77. The zero-order valence-corrected chi connectivity index (χ0v) is 8.21. The van der Waals surface area contributed by atoms with Gasteiger partial charge in [0.25, 0.3) is 0 Å². The Balaban J connectivity index is 2.10. The average molecular weight is 223 g/mol. The van der Waals surface area contributed by atoms with Crippen molar-refractivity contribution in [1.82, 2.24) is 15.1 Å². The molecule has 0 bridgehead atoms. The Morgan fingerprint density at radius 3 is 2.80 bits per heavy atom. The Morgan fingerprint density at radius 2 is 2.27 bits per heavy atom. The van der Waals surface area contributed by atoms with Gasteiger partial charge in [-0.15, -0.1) is 13.2 Å². The van der Waals surface area contributed by atoms with E-state index in [2.05, 4.69) is 15.2 Å². The van der Waals surface area contributed by atoms with Gasteiger partial charge in [0.15, 0.2) is 0 Å². The van der Waals surface area contributed by atoms with Crippen molar-refractivity contribution in [3.8, 4) is 0 Å². The molecule has 1 N–H and O–H groups in total. The molecule has 0 saturated heterocycles. The summed E-state index contributed by atoms with van der Waals surface area (Å²) in [7, 11) is 1.77. The van der Waals surface area contributed by atoms with Crippen molar-refractivity contribution in [2.24, 2.45) is 7.05 Å². The molecule has 7 heteroatoms. The van der Waals surface area contributed by atoms with Gasteiger partial charge in [0.05, 0.1) is 12.3 Å². The number of nitrogens with one attached hydrogen (secondary N) is 1. The fourth-order valence-electron chi connectivity index (χ4n) is 1.03. The van der Waals surface area contributed by atoms with Gasteiger partial charge in [-0.1, -0.05) is 0 Å². The van der Waals surface area contributed by atoms with Crippen LogP contribution in [0.5, 0.6) is 0 Å². The predicted octanol–water partition coefficient (Wildman–Crippen LogP) is 1.05. The second-order valence-electron chi connectivity index (χ2n) is 2.92. The lowest BCUT2D eigenvalue weighted by Gasteiger charge is -2.08. The topological polar surface area (TPSA) is 39.1 Å². The maximum absolute atomic E-state index is 11.6. The number of nitrogens with zero attached hydrogens (tertiary/aromatic N) is 2. The molecule has 1 heterocycles. The molecular weight excluding hydrogens is 211 g/mol. The van der Waals surface area contributed by atoms with Crippen molar-refractivity contribution >= 4 is 0 Å². The fourth-order valence-corrected chi connectivity index (χ4v) is 1.03. The van der Waals surface area contributed by atoms with E-state index in [1.54, 1.807) is 24.0 Å². The molecular formula is C8H12F3N3O. The van der Waals surface area contributed by atoms with Crippen LogP contribution in [-0.2, 0) is 18.3 Å². The van der Waals surface area contributed by atoms with Crippen LogP contribution in [0.4, 0.5) is 13.2 Å². The standard InChI is InChI=1S/C8H12F3N3O/c1-14-7(2-3-13-14)6-12-4-5-15-8(9,10)11/h2-3,12H,4-6H2,1H3. The molecule has 0 aliphatic rings. The third-order valence-electron chi connectivity index (χ3n) is 1.77. The van der Waals surface area contributed by atoms with Crippen LogP contribution in [0.2, 0.25) is 0 Å². The Kier molecular flexibility index (Phi) is 4.10. The summed E-state index contributed by atoms with van der Waals surface area (Å²) in [6.45, 7) is 0.226. The second kappa shape index (κ2) is 5.13. The summed E-state index contributed by atoms with van der Waals surface area (Å²) in [6, 6.07) is 1.79. The van der Waals surface area contributed by atoms with Crippen LogP contribution in [0.25, 0.3) is 0 Å². The lowest BCUT2D eigenvalue weighted by atomic mass is 10.4. The minimum atomic E-state index is -4.55. The lowest BCUT2D eigenvalue weighted by Crippen LogP contribution is -2.24. The van der Waals surface area contributed by atoms with Crippen LogP contribution in [0.15, 0.2) is 12.3 Å². The zero-order valence-electron chi connectivity index (χ0n) is 8.21. The number of ether oxygens (including phenoxy) is 1. The van der Waals surface area contributed by atoms with Crippen molar-refractivity contribution in [3.05, 3.63) is 18.0 Å². The van der Waals surface area contributed by atoms with Crippen molar-refractivity contribution < 1.29 is 17.9 Å². The molecule has 4 nitrogen and oxygen atoms in total. The Labute approximate surface area is 85.0 Å². The summed E-state index contributed by atoms with van der Waals surface area (Å²) in [4.78, 5) is 0. The molecule has 15 heavy (non-hydrogen) atoms. The van der Waals surface area contributed by atoms with E-state index in [0.29, 0.717) is 6.54 Å². The molecule has 0 aliphatic heterocycles. The van der Waals surface area contributed by atoms with E-state index in [9.17, 15) is 13.2 Å². The average Bonchev–Trinajstić information content (AvgIpc) is 2.49. The number of aryl methyl sites for hydroxylation is 1. The van der Waals surface area contributed by atoms with Crippen LogP contribution >= 0.6 is 0 Å². The first-order valence-corrected chi connectivity index (χ1v) is 4.37. The minimum Gasteiger partial charge on any atom is -0.309 e. The summed E-state index contributed by atoms with van der Waals surface area (Å²) in [5.74, 6) is 0. The van der Waals surface area contributed by atoms with Crippen molar-refractivity contribution in [2.45, 2.75) is 12.9 Å². The van der Waals surface area contributed by atoms with E-state index < -0.39 is 6.36 Å². The highest BCUT2D eigenvalue weighted by molar-refractivity contribution is 4.98. The fraction of sp³-hybridized carbons (Fsp3) is 0.625. The van der Waals surface area contributed by atoms with Gasteiger partial charge in [-0.2, -0.15) is 5.10 Å². The van der Waals surface area contributed by atoms with Crippen LogP contribution in [0.1, 0.15) is 5.69 Å². The second-order valence-corrected chi connectivity index (χ2v) is 2.92. The van der Waals surface area contributed by atoms with E-state index in [1.807, 2.05) is 0 Å². The summed E-state index contributed by atoms with van der Waals surface area (Å²) in [5, 5.41) is 6.74. The van der Waals surface area contributed by atoms with Gasteiger partial charge in [-0.3, -0.25) is 9.42 Å². The summed E-state index contributed by atoms with van der Waals surface area (Å²) in [5.41, 5.74) is 0.905. The van der Waals surface area contributed by atoms with Gasteiger partial charge in [0.1, 0.15) is 0 Å². The number of hydrogen-bond acceptors (Lipinski definition) is 3. The van der Waals surface area contributed by atoms with E-state index in [-0.39, 0.29) is 13.2 Å². The molecule has 1 aromatic heterocycles. The Morgan fingerprint density at radius 1 is 1.53 bits per heavy atom. The smallest absolute Gasteiger partial charge is 0.309 e. The van der Waals surface area contributed by atoms with E-state index in [4.69, 9.17) is 0 Å². The number of rotatable bonds is 5. The van der Waals surface area contributed by atoms with E-state index in [0.717, 1.165) is 5.69 Å². The number of halogens is 3. The number of aromatic nitrogens is 2. The predicted molar refractivity (Wildman–Crippen MR) is 46.9 cm³/mol. The molecule has 0 fully saturated rings. The molecule has 0 aromatic carbocycles. The maximum atomic E-state index is 11.6. The third kappa shape index (κ3) is 4.80. The molecule has 0 radical (unpaired) electrons. The van der Waals surface area contributed by atoms with Gasteiger partial charge >= 0.3 is 6.36 Å². The Bertz CT molecular complexity index is 298. The number of alkyl halides is 3. The van der Waals surface area contributed by atoms with Crippen molar-refractivity contribution in [2.75, 3.05) is 13.2 Å². The largest absolute Gasteiger partial charge is 0.522 e. The van der Waals surface area contributed by atoms with E-state index >= 15 is 0 Å². The summed E-state index contributed by atoms with van der Waals surface area (Å²) >= 11 is 0. The van der Waals surface area contributed by atoms with Crippen molar-refractivity contribution in [1.29, 1.82) is 0 Å². The highest BCUT2D eigenvalue weighted by Crippen LogP contribution is 2.15. The van der Waals surface area contributed by atoms with Crippen LogP contribution in [0.3, 0.4) is 0 Å². The first-order chi connectivity index (χ1) is 6.99. The van der Waals surface area contributed by atoms with Gasteiger partial charge in [-0.05, 0) is 6.07 Å². The number of hydrogen-bond donors (Lipinski definition) is 1. The molecule has 86 valence electrons. The SMILES string of the molecule is Cn1nccc1CNCCOC(F)(F)F. The molecule has 0 aliphatic carbocycles. The van der Waals surface area contributed by atoms with E-state index in [1.165, 1.54) is 0 Å². The zero-order chi connectivity index (χ0) is 11.3. The molecule has 0 unspecified atom stereocenters. The van der Waals surface area contributed by atoms with Crippen LogP contribution in [0, 0.1) is 0 Å². The molecule has 0 amide bonds. The first kappa shape index (κ1) is 12.0. The quantitative estimate of drug-likeness (QED) is 0.758. The molecule has 0 spiro atoms. The normalized spacial score (nSPS) is 12.0. The lowest BCUT2D eigenvalue weighted by molar-refractivity contribution is -0.323. The Hall–Kier alpha value is -1.08. The first-order valence-electron chi connectivity index (χ1n) is 4.37. The summed E-state index contributed by atoms with van der Waals surface area (Å²) < 4.78 is 39.9.